The molecule has 1 aliphatic rings. The number of aromatic amines is 1. The second-order valence-corrected chi connectivity index (χ2v) is 6.70. The molecule has 7 heteroatoms. The second kappa shape index (κ2) is 7.31. The highest BCUT2D eigenvalue weighted by Gasteiger charge is 2.25. The molecule has 7 nitrogen and oxygen atoms in total. The average Bonchev–Trinajstić information content (AvgIpc) is 3.04. The number of hydrogen-bond donors (Lipinski definition) is 4. The minimum Gasteiger partial charge on any atom is -0.396 e. The van der Waals surface area contributed by atoms with Gasteiger partial charge in [-0.05, 0) is 24.0 Å². The summed E-state index contributed by atoms with van der Waals surface area (Å²) in [6.07, 6.45) is 1.60. The van der Waals surface area contributed by atoms with E-state index in [0.717, 1.165) is 37.3 Å². The van der Waals surface area contributed by atoms with Crippen LogP contribution in [0, 0.1) is 0 Å². The van der Waals surface area contributed by atoms with Crippen LogP contribution in [0.1, 0.15) is 23.1 Å². The number of nitrogens with one attached hydrogen (secondary N) is 2. The Hall–Kier alpha value is -2.64. The Balaban J connectivity index is 1.66. The van der Waals surface area contributed by atoms with Crippen molar-refractivity contribution in [1.82, 2.24) is 20.1 Å². The molecule has 136 valence electrons. The van der Waals surface area contributed by atoms with E-state index in [2.05, 4.69) is 49.7 Å². The number of anilines is 2. The number of benzene rings is 1. The first-order chi connectivity index (χ1) is 12.8. The molecule has 0 aliphatic carbocycles. The molecule has 0 atom stereocenters. The number of aliphatic hydroxyl groups is 1. The van der Waals surface area contributed by atoms with Crippen molar-refractivity contribution < 1.29 is 5.11 Å². The molecule has 0 spiro atoms. The van der Waals surface area contributed by atoms with E-state index < -0.39 is 0 Å². The number of hydrogen-bond acceptors (Lipinski definition) is 6. The van der Waals surface area contributed by atoms with Gasteiger partial charge in [-0.3, -0.25) is 10.00 Å². The molecule has 0 saturated carbocycles. The number of rotatable bonds is 6. The lowest BCUT2D eigenvalue weighted by atomic mass is 9.97. The predicted molar refractivity (Wildman–Crippen MR) is 103 cm³/mol. The van der Waals surface area contributed by atoms with Gasteiger partial charge in [0.15, 0.2) is 5.65 Å². The van der Waals surface area contributed by atoms with Gasteiger partial charge in [-0.1, -0.05) is 30.3 Å². The number of nitrogens with zero attached hydrogens (tertiary/aromatic N) is 3. The molecule has 0 radical (unpaired) electrons. The summed E-state index contributed by atoms with van der Waals surface area (Å²) in [4.78, 5) is 7.11. The quantitative estimate of drug-likeness (QED) is 0.505. The molecule has 3 aromatic rings. The molecule has 5 N–H and O–H groups in total. The molecule has 0 bridgehead atoms. The number of pyridine rings is 1. The van der Waals surface area contributed by atoms with E-state index in [4.69, 9.17) is 10.8 Å². The Labute approximate surface area is 152 Å². The Morgan fingerprint density at radius 1 is 1.23 bits per heavy atom. The molecule has 0 amide bonds. The van der Waals surface area contributed by atoms with Crippen LogP contribution in [0.2, 0.25) is 0 Å². The maximum Gasteiger partial charge on any atom is 0.185 e. The lowest BCUT2D eigenvalue weighted by molar-refractivity contribution is 0.246. The van der Waals surface area contributed by atoms with E-state index in [1.807, 2.05) is 6.07 Å². The molecule has 2 aromatic heterocycles. The third kappa shape index (κ3) is 3.23. The zero-order chi connectivity index (χ0) is 17.9. The van der Waals surface area contributed by atoms with E-state index in [1.165, 1.54) is 16.7 Å². The van der Waals surface area contributed by atoms with Gasteiger partial charge >= 0.3 is 0 Å². The molecule has 3 heterocycles. The molecule has 0 fully saturated rings. The molecule has 0 unspecified atom stereocenters. The Morgan fingerprint density at radius 3 is 2.88 bits per heavy atom. The van der Waals surface area contributed by atoms with Crippen molar-refractivity contribution in [3.05, 3.63) is 47.0 Å². The van der Waals surface area contributed by atoms with Crippen molar-refractivity contribution in [2.24, 2.45) is 0 Å². The molecule has 4 rings (SSSR count). The standard InChI is InChI=1S/C19H24N6O/c20-17-16-14-7-9-25(11-13-5-2-1-3-6-13)12-15(14)18(21-8-4-10-26)22-19(16)24-23-17/h1-3,5-6,26H,4,7-12H2,(H4,20,21,22,23,24). The lowest BCUT2D eigenvalue weighted by Gasteiger charge is -2.30. The van der Waals surface area contributed by atoms with Gasteiger partial charge in [0.25, 0.3) is 0 Å². The Bertz CT molecular complexity index is 892. The summed E-state index contributed by atoms with van der Waals surface area (Å²) in [6, 6.07) is 10.5. The summed E-state index contributed by atoms with van der Waals surface area (Å²) >= 11 is 0. The monoisotopic (exact) mass is 352 g/mol. The van der Waals surface area contributed by atoms with Crippen molar-refractivity contribution in [3.63, 3.8) is 0 Å². The second-order valence-electron chi connectivity index (χ2n) is 6.70. The molecular formula is C19H24N6O. The molecule has 1 aliphatic heterocycles. The van der Waals surface area contributed by atoms with Crippen molar-refractivity contribution in [2.45, 2.75) is 25.9 Å². The summed E-state index contributed by atoms with van der Waals surface area (Å²) in [7, 11) is 0. The molecular weight excluding hydrogens is 328 g/mol. The summed E-state index contributed by atoms with van der Waals surface area (Å²) in [6.45, 7) is 3.54. The lowest BCUT2D eigenvalue weighted by Crippen LogP contribution is -2.31. The minimum atomic E-state index is 0.160. The maximum absolute atomic E-state index is 9.06. The van der Waals surface area contributed by atoms with Crippen LogP contribution in [0.3, 0.4) is 0 Å². The number of nitrogens with two attached hydrogens (primary N) is 1. The van der Waals surface area contributed by atoms with Gasteiger partial charge < -0.3 is 16.2 Å². The van der Waals surface area contributed by atoms with E-state index in [1.54, 1.807) is 0 Å². The van der Waals surface area contributed by atoms with Crippen LogP contribution in [0.15, 0.2) is 30.3 Å². The third-order valence-electron chi connectivity index (χ3n) is 4.88. The fraction of sp³-hybridized carbons (Fsp3) is 0.368. The topological polar surface area (TPSA) is 103 Å². The van der Waals surface area contributed by atoms with Gasteiger partial charge in [0.2, 0.25) is 0 Å². The Morgan fingerprint density at radius 2 is 2.08 bits per heavy atom. The highest BCUT2D eigenvalue weighted by molar-refractivity contribution is 5.92. The van der Waals surface area contributed by atoms with Crippen LogP contribution in [-0.2, 0) is 19.5 Å². The van der Waals surface area contributed by atoms with Crippen molar-refractivity contribution in [2.75, 3.05) is 30.7 Å². The van der Waals surface area contributed by atoms with Gasteiger partial charge in [-0.2, -0.15) is 5.10 Å². The van der Waals surface area contributed by atoms with E-state index in [-0.39, 0.29) is 6.61 Å². The molecule has 0 saturated heterocycles. The molecule has 1 aromatic carbocycles. The maximum atomic E-state index is 9.06. The van der Waals surface area contributed by atoms with Crippen molar-refractivity contribution >= 4 is 22.7 Å². The zero-order valence-electron chi connectivity index (χ0n) is 14.7. The Kier molecular flexibility index (Phi) is 4.73. The first-order valence-corrected chi connectivity index (χ1v) is 9.02. The van der Waals surface area contributed by atoms with E-state index >= 15 is 0 Å². The number of aliphatic hydroxyl groups excluding tert-OH is 1. The SMILES string of the molecule is Nc1[nH]nc2nc(NCCCO)c3c(c12)CCN(Cc1ccccc1)C3. The van der Waals surface area contributed by atoms with Gasteiger partial charge in [-0.15, -0.1) is 0 Å². The first-order valence-electron chi connectivity index (χ1n) is 9.02. The zero-order valence-corrected chi connectivity index (χ0v) is 14.7. The summed E-state index contributed by atoms with van der Waals surface area (Å²) in [5.41, 5.74) is 10.5. The predicted octanol–water partition coefficient (Wildman–Crippen LogP) is 1.89. The summed E-state index contributed by atoms with van der Waals surface area (Å²) < 4.78 is 0. The van der Waals surface area contributed by atoms with Gasteiger partial charge in [0, 0.05) is 38.3 Å². The van der Waals surface area contributed by atoms with Gasteiger partial charge in [0.05, 0.1) is 5.39 Å². The highest BCUT2D eigenvalue weighted by Crippen LogP contribution is 2.33. The minimum absolute atomic E-state index is 0.160. The van der Waals surface area contributed by atoms with E-state index in [0.29, 0.717) is 24.4 Å². The fourth-order valence-corrected chi connectivity index (χ4v) is 3.62. The van der Waals surface area contributed by atoms with Crippen molar-refractivity contribution in [3.8, 4) is 0 Å². The highest BCUT2D eigenvalue weighted by atomic mass is 16.3. The number of aromatic nitrogens is 3. The number of H-pyrrole nitrogens is 1. The van der Waals surface area contributed by atoms with Crippen LogP contribution < -0.4 is 11.1 Å². The first kappa shape index (κ1) is 16.8. The van der Waals surface area contributed by atoms with Crippen molar-refractivity contribution in [1.29, 1.82) is 0 Å². The molecule has 26 heavy (non-hydrogen) atoms. The number of nitrogen functional groups attached to an aromatic ring is 1. The third-order valence-corrected chi connectivity index (χ3v) is 4.88. The normalized spacial score (nSPS) is 14.5. The van der Waals surface area contributed by atoms with Gasteiger partial charge in [-0.25, -0.2) is 4.98 Å². The fourth-order valence-electron chi connectivity index (χ4n) is 3.62. The average molecular weight is 352 g/mol. The largest absolute Gasteiger partial charge is 0.396 e. The van der Waals surface area contributed by atoms with E-state index in [9.17, 15) is 0 Å². The van der Waals surface area contributed by atoms with Gasteiger partial charge in [0.1, 0.15) is 11.6 Å². The van der Waals surface area contributed by atoms with Crippen LogP contribution in [-0.4, -0.2) is 44.9 Å². The smallest absolute Gasteiger partial charge is 0.185 e. The van der Waals surface area contributed by atoms with Crippen LogP contribution in [0.5, 0.6) is 0 Å². The number of fused-ring (bicyclic) bond motifs is 3. The van der Waals surface area contributed by atoms with Crippen LogP contribution in [0.25, 0.3) is 11.0 Å². The summed E-state index contributed by atoms with van der Waals surface area (Å²) in [5.74, 6) is 1.44. The summed E-state index contributed by atoms with van der Waals surface area (Å²) in [5, 5.41) is 20.5. The van der Waals surface area contributed by atoms with Crippen LogP contribution >= 0.6 is 0 Å². The van der Waals surface area contributed by atoms with Crippen LogP contribution in [0.4, 0.5) is 11.6 Å².